The molecule has 2 aliphatic rings. The molecule has 0 aromatic heterocycles. The number of ether oxygens (including phenoxy) is 1. The molecule has 0 saturated heterocycles. The summed E-state index contributed by atoms with van der Waals surface area (Å²) >= 11 is 0. The lowest BCUT2D eigenvalue weighted by molar-refractivity contribution is -0.160. The summed E-state index contributed by atoms with van der Waals surface area (Å²) in [6.45, 7) is 4.31. The first-order chi connectivity index (χ1) is 8.09. The Hall–Kier alpha value is -0.860. The molecule has 2 unspecified atom stereocenters. The number of carbonyl (C=O) groups excluding carboxylic acids is 2. The van der Waals surface area contributed by atoms with E-state index >= 15 is 0 Å². The molecular weight excluding hydrogens is 216 g/mol. The third-order valence-electron chi connectivity index (χ3n) is 4.47. The van der Waals surface area contributed by atoms with Crippen LogP contribution in [-0.4, -0.2) is 18.4 Å². The standard InChI is InChI=1S/C14H22O3/c1-3-17-13(16)12-10(2)8-11(15)9-14(12)6-4-5-7-14/h10,12H,3-9H2,1-2H3. The first-order valence-electron chi connectivity index (χ1n) is 6.77. The maximum absolute atomic E-state index is 12.1. The van der Waals surface area contributed by atoms with E-state index in [1.54, 1.807) is 0 Å². The molecule has 0 radical (unpaired) electrons. The van der Waals surface area contributed by atoms with E-state index in [0.29, 0.717) is 25.2 Å². The van der Waals surface area contributed by atoms with E-state index in [1.807, 2.05) is 13.8 Å². The van der Waals surface area contributed by atoms with Crippen molar-refractivity contribution in [2.45, 2.75) is 52.4 Å². The lowest BCUT2D eigenvalue weighted by Gasteiger charge is -2.42. The van der Waals surface area contributed by atoms with Gasteiger partial charge in [0.05, 0.1) is 12.5 Å². The van der Waals surface area contributed by atoms with E-state index in [1.165, 1.54) is 0 Å². The Kier molecular flexibility index (Phi) is 3.55. The fraction of sp³-hybridized carbons (Fsp3) is 0.857. The van der Waals surface area contributed by atoms with Crippen LogP contribution < -0.4 is 0 Å². The molecule has 0 heterocycles. The molecule has 0 amide bonds. The van der Waals surface area contributed by atoms with Gasteiger partial charge in [0.1, 0.15) is 5.78 Å². The van der Waals surface area contributed by atoms with E-state index in [0.717, 1.165) is 25.7 Å². The normalized spacial score (nSPS) is 31.8. The van der Waals surface area contributed by atoms with Gasteiger partial charge in [-0.05, 0) is 31.1 Å². The third-order valence-corrected chi connectivity index (χ3v) is 4.47. The maximum atomic E-state index is 12.1. The highest BCUT2D eigenvalue weighted by molar-refractivity contribution is 5.84. The number of rotatable bonds is 2. The SMILES string of the molecule is CCOC(=O)C1C(C)CC(=O)CC12CCCC2. The van der Waals surface area contributed by atoms with E-state index in [9.17, 15) is 9.59 Å². The summed E-state index contributed by atoms with van der Waals surface area (Å²) in [5.74, 6) is 0.352. The number of carbonyl (C=O) groups is 2. The van der Waals surface area contributed by atoms with Crippen LogP contribution in [0.5, 0.6) is 0 Å². The lowest BCUT2D eigenvalue weighted by atomic mass is 9.60. The Balaban J connectivity index is 2.24. The molecule has 2 rings (SSSR count). The molecule has 0 N–H and O–H groups in total. The second kappa shape index (κ2) is 4.79. The molecule has 0 aliphatic heterocycles. The molecule has 17 heavy (non-hydrogen) atoms. The zero-order valence-electron chi connectivity index (χ0n) is 10.8. The third kappa shape index (κ3) is 2.24. The largest absolute Gasteiger partial charge is 0.466 e. The summed E-state index contributed by atoms with van der Waals surface area (Å²) in [5, 5.41) is 0. The molecule has 3 heteroatoms. The first-order valence-corrected chi connectivity index (χ1v) is 6.77. The molecule has 0 bridgehead atoms. The summed E-state index contributed by atoms with van der Waals surface area (Å²) in [6, 6.07) is 0. The van der Waals surface area contributed by atoms with E-state index in [4.69, 9.17) is 4.74 Å². The van der Waals surface area contributed by atoms with Gasteiger partial charge in [-0.3, -0.25) is 9.59 Å². The minimum atomic E-state index is -0.0746. The van der Waals surface area contributed by atoms with E-state index in [-0.39, 0.29) is 23.2 Å². The van der Waals surface area contributed by atoms with Crippen LogP contribution in [0, 0.1) is 17.3 Å². The number of Topliss-reactive ketones (excluding diaryl/α,β-unsaturated/α-hetero) is 1. The van der Waals surface area contributed by atoms with Crippen LogP contribution >= 0.6 is 0 Å². The Morgan fingerprint density at radius 1 is 1.41 bits per heavy atom. The fourth-order valence-corrected chi connectivity index (χ4v) is 3.94. The van der Waals surface area contributed by atoms with Crippen molar-refractivity contribution in [3.8, 4) is 0 Å². The van der Waals surface area contributed by atoms with Crippen LogP contribution in [-0.2, 0) is 14.3 Å². The van der Waals surface area contributed by atoms with Crippen molar-refractivity contribution >= 4 is 11.8 Å². The van der Waals surface area contributed by atoms with Crippen LogP contribution in [0.3, 0.4) is 0 Å². The van der Waals surface area contributed by atoms with Crippen LogP contribution in [0.2, 0.25) is 0 Å². The van der Waals surface area contributed by atoms with Crippen LogP contribution in [0.4, 0.5) is 0 Å². The minimum absolute atomic E-state index is 0.0531. The van der Waals surface area contributed by atoms with Gasteiger partial charge in [-0.25, -0.2) is 0 Å². The molecule has 2 saturated carbocycles. The van der Waals surface area contributed by atoms with Gasteiger partial charge in [-0.2, -0.15) is 0 Å². The second-order valence-electron chi connectivity index (χ2n) is 5.70. The quantitative estimate of drug-likeness (QED) is 0.695. The molecule has 3 nitrogen and oxygen atoms in total. The fourth-order valence-electron chi connectivity index (χ4n) is 3.94. The van der Waals surface area contributed by atoms with Crippen molar-refractivity contribution in [1.29, 1.82) is 0 Å². The van der Waals surface area contributed by atoms with Gasteiger partial charge in [0.15, 0.2) is 0 Å². The van der Waals surface area contributed by atoms with Gasteiger partial charge in [-0.1, -0.05) is 19.8 Å². The highest BCUT2D eigenvalue weighted by Crippen LogP contribution is 2.53. The van der Waals surface area contributed by atoms with Crippen molar-refractivity contribution in [2.75, 3.05) is 6.61 Å². The monoisotopic (exact) mass is 238 g/mol. The number of hydrogen-bond donors (Lipinski definition) is 0. The Labute approximate surface area is 103 Å². The summed E-state index contributed by atoms with van der Waals surface area (Å²) < 4.78 is 5.22. The van der Waals surface area contributed by atoms with Gasteiger partial charge >= 0.3 is 5.97 Å². The van der Waals surface area contributed by atoms with Crippen LogP contribution in [0.1, 0.15) is 52.4 Å². The van der Waals surface area contributed by atoms with Crippen LogP contribution in [0.15, 0.2) is 0 Å². The summed E-state index contributed by atoms with van der Waals surface area (Å²) in [6.07, 6.45) is 5.48. The molecule has 2 aliphatic carbocycles. The first kappa shape index (κ1) is 12.6. The van der Waals surface area contributed by atoms with Gasteiger partial charge < -0.3 is 4.74 Å². The Morgan fingerprint density at radius 3 is 2.65 bits per heavy atom. The van der Waals surface area contributed by atoms with Crippen molar-refractivity contribution in [1.82, 2.24) is 0 Å². The molecule has 96 valence electrons. The summed E-state index contributed by atoms with van der Waals surface area (Å²) in [7, 11) is 0. The van der Waals surface area contributed by atoms with Crippen molar-refractivity contribution in [3.05, 3.63) is 0 Å². The molecular formula is C14H22O3. The predicted molar refractivity (Wildman–Crippen MR) is 64.4 cm³/mol. The topological polar surface area (TPSA) is 43.4 Å². The van der Waals surface area contributed by atoms with Gasteiger partial charge in [0.2, 0.25) is 0 Å². The van der Waals surface area contributed by atoms with Crippen molar-refractivity contribution in [3.63, 3.8) is 0 Å². The Bertz CT molecular complexity index is 315. The average molecular weight is 238 g/mol. The van der Waals surface area contributed by atoms with E-state index < -0.39 is 0 Å². The molecule has 2 atom stereocenters. The zero-order chi connectivity index (χ0) is 12.5. The molecule has 1 spiro atoms. The number of esters is 1. The number of ketones is 1. The van der Waals surface area contributed by atoms with Gasteiger partial charge in [-0.15, -0.1) is 0 Å². The second-order valence-corrected chi connectivity index (χ2v) is 5.70. The Morgan fingerprint density at radius 2 is 2.06 bits per heavy atom. The smallest absolute Gasteiger partial charge is 0.309 e. The molecule has 0 aromatic rings. The summed E-state index contributed by atoms with van der Waals surface area (Å²) in [5.41, 5.74) is -0.0684. The predicted octanol–water partition coefficient (Wildman–Crippen LogP) is 2.73. The summed E-state index contributed by atoms with van der Waals surface area (Å²) in [4.78, 5) is 24.0. The van der Waals surface area contributed by atoms with Gasteiger partial charge in [0.25, 0.3) is 0 Å². The van der Waals surface area contributed by atoms with Crippen molar-refractivity contribution < 1.29 is 14.3 Å². The average Bonchev–Trinajstić information content (AvgIpc) is 2.65. The molecule has 0 aromatic carbocycles. The molecule has 2 fully saturated rings. The van der Waals surface area contributed by atoms with Gasteiger partial charge in [0, 0.05) is 12.8 Å². The zero-order valence-corrected chi connectivity index (χ0v) is 10.8. The van der Waals surface area contributed by atoms with Crippen molar-refractivity contribution in [2.24, 2.45) is 17.3 Å². The number of hydrogen-bond acceptors (Lipinski definition) is 3. The maximum Gasteiger partial charge on any atom is 0.309 e. The van der Waals surface area contributed by atoms with E-state index in [2.05, 4.69) is 0 Å². The minimum Gasteiger partial charge on any atom is -0.466 e. The van der Waals surface area contributed by atoms with Crippen LogP contribution in [0.25, 0.3) is 0 Å². The highest BCUT2D eigenvalue weighted by Gasteiger charge is 2.52. The lowest BCUT2D eigenvalue weighted by Crippen LogP contribution is -2.45. The highest BCUT2D eigenvalue weighted by atomic mass is 16.5.